The van der Waals surface area contributed by atoms with Crippen molar-refractivity contribution in [3.8, 4) is 5.75 Å². The minimum Gasteiger partial charge on any atom is -0.493 e. The van der Waals surface area contributed by atoms with Crippen LogP contribution >= 0.6 is 24.0 Å². The van der Waals surface area contributed by atoms with E-state index < -0.39 is 0 Å². The van der Waals surface area contributed by atoms with Crippen molar-refractivity contribution in [3.05, 3.63) is 29.3 Å². The van der Waals surface area contributed by atoms with Crippen molar-refractivity contribution in [1.82, 2.24) is 10.6 Å². The summed E-state index contributed by atoms with van der Waals surface area (Å²) < 4.78 is 5.42. The number of nitrogens with one attached hydrogen (secondary N) is 2. The molecule has 1 aromatic rings. The Kier molecular flexibility index (Phi) is 10.4. The molecule has 0 atom stereocenters. The summed E-state index contributed by atoms with van der Waals surface area (Å²) in [5.41, 5.74) is 0. The highest BCUT2D eigenvalue weighted by atomic mass is 35.5. The van der Waals surface area contributed by atoms with Gasteiger partial charge >= 0.3 is 0 Å². The Bertz CT molecular complexity index is 358. The maximum atomic E-state index is 11.4. The molecule has 0 radical (unpaired) electrons. The molecule has 0 aliphatic carbocycles. The molecule has 0 spiro atoms. The second-order valence-electron chi connectivity index (χ2n) is 3.76. The molecule has 0 aliphatic heterocycles. The number of carbonyl (C=O) groups is 1. The Hall–Kier alpha value is -0.970. The first-order valence-corrected chi connectivity index (χ1v) is 6.46. The minimum absolute atomic E-state index is 0. The molecule has 0 bridgehead atoms. The summed E-state index contributed by atoms with van der Waals surface area (Å²) in [5.74, 6) is 0.724. The van der Waals surface area contributed by atoms with Crippen molar-refractivity contribution >= 4 is 29.9 Å². The Morgan fingerprint density at radius 1 is 1.26 bits per heavy atom. The predicted molar refractivity (Wildman–Crippen MR) is 80.4 cm³/mol. The van der Waals surface area contributed by atoms with E-state index in [-0.39, 0.29) is 18.3 Å². The van der Waals surface area contributed by atoms with Crippen LogP contribution in [0.15, 0.2) is 24.3 Å². The van der Waals surface area contributed by atoms with E-state index in [1.165, 1.54) is 0 Å². The number of hydrogen-bond donors (Lipinski definition) is 2. The molecule has 4 nitrogen and oxygen atoms in total. The normalized spacial score (nSPS) is 9.58. The van der Waals surface area contributed by atoms with Gasteiger partial charge in [0.25, 0.3) is 0 Å². The molecule has 19 heavy (non-hydrogen) atoms. The number of ether oxygens (including phenoxy) is 1. The predicted octanol–water partition coefficient (Wildman–Crippen LogP) is 2.26. The van der Waals surface area contributed by atoms with E-state index in [1.807, 2.05) is 6.92 Å². The summed E-state index contributed by atoms with van der Waals surface area (Å²) in [7, 11) is 0. The van der Waals surface area contributed by atoms with Gasteiger partial charge in [-0.1, -0.05) is 18.5 Å². The topological polar surface area (TPSA) is 50.4 Å². The van der Waals surface area contributed by atoms with Crippen molar-refractivity contribution < 1.29 is 9.53 Å². The monoisotopic (exact) mass is 306 g/mol. The highest BCUT2D eigenvalue weighted by Crippen LogP contribution is 2.15. The molecule has 0 saturated carbocycles. The molecule has 1 aromatic carbocycles. The van der Waals surface area contributed by atoms with Gasteiger partial charge in [-0.2, -0.15) is 0 Å². The van der Waals surface area contributed by atoms with E-state index in [2.05, 4.69) is 10.6 Å². The smallest absolute Gasteiger partial charge is 0.223 e. The molecule has 0 fully saturated rings. The van der Waals surface area contributed by atoms with Gasteiger partial charge in [-0.25, -0.2) is 0 Å². The maximum absolute atomic E-state index is 11.4. The minimum atomic E-state index is 0. The van der Waals surface area contributed by atoms with Crippen LogP contribution in [-0.4, -0.2) is 32.1 Å². The molecular weight excluding hydrogens is 287 g/mol. The lowest BCUT2D eigenvalue weighted by Crippen LogP contribution is -2.32. The van der Waals surface area contributed by atoms with Gasteiger partial charge in [-0.15, -0.1) is 12.4 Å². The van der Waals surface area contributed by atoms with Crippen LogP contribution < -0.4 is 15.4 Å². The number of amides is 1. The zero-order valence-corrected chi connectivity index (χ0v) is 12.5. The third kappa shape index (κ3) is 8.70. The van der Waals surface area contributed by atoms with Crippen LogP contribution in [0.3, 0.4) is 0 Å². The molecule has 2 N–H and O–H groups in total. The molecule has 1 amide bonds. The largest absolute Gasteiger partial charge is 0.493 e. The number of likely N-dealkylation sites (N-methyl/N-ethyl adjacent to an activating group) is 1. The van der Waals surface area contributed by atoms with E-state index in [4.69, 9.17) is 16.3 Å². The van der Waals surface area contributed by atoms with Crippen molar-refractivity contribution in [3.63, 3.8) is 0 Å². The van der Waals surface area contributed by atoms with Gasteiger partial charge < -0.3 is 15.4 Å². The number of carbonyl (C=O) groups excluding carboxylic acids is 1. The lowest BCUT2D eigenvalue weighted by molar-refractivity contribution is -0.121. The average Bonchev–Trinajstić information content (AvgIpc) is 2.37. The summed E-state index contributed by atoms with van der Waals surface area (Å²) >= 11 is 5.75. The van der Waals surface area contributed by atoms with E-state index in [0.29, 0.717) is 24.6 Å². The van der Waals surface area contributed by atoms with Crippen LogP contribution in [0.4, 0.5) is 0 Å². The highest BCUT2D eigenvalue weighted by Gasteiger charge is 2.01. The molecule has 0 aliphatic rings. The van der Waals surface area contributed by atoms with Crippen LogP contribution in [0.2, 0.25) is 5.02 Å². The highest BCUT2D eigenvalue weighted by molar-refractivity contribution is 6.30. The van der Waals surface area contributed by atoms with E-state index >= 15 is 0 Å². The number of halogens is 2. The molecule has 0 unspecified atom stereocenters. The van der Waals surface area contributed by atoms with Crippen LogP contribution in [0.5, 0.6) is 5.75 Å². The van der Waals surface area contributed by atoms with Gasteiger partial charge in [0.15, 0.2) is 0 Å². The summed E-state index contributed by atoms with van der Waals surface area (Å²) in [6, 6.07) is 7.08. The molecule has 0 saturated heterocycles. The third-order valence-electron chi connectivity index (χ3n) is 2.29. The average molecular weight is 307 g/mol. The van der Waals surface area contributed by atoms with Gasteiger partial charge in [0.05, 0.1) is 13.0 Å². The summed E-state index contributed by atoms with van der Waals surface area (Å²) in [5, 5.41) is 6.61. The summed E-state index contributed by atoms with van der Waals surface area (Å²) in [4.78, 5) is 11.4. The van der Waals surface area contributed by atoms with Gasteiger partial charge in [0.1, 0.15) is 5.75 Å². The Morgan fingerprint density at radius 2 is 1.95 bits per heavy atom. The molecule has 0 heterocycles. The van der Waals surface area contributed by atoms with Gasteiger partial charge in [0.2, 0.25) is 5.91 Å². The quantitative estimate of drug-likeness (QED) is 0.724. The lowest BCUT2D eigenvalue weighted by atomic mass is 10.3. The van der Waals surface area contributed by atoms with E-state index in [9.17, 15) is 4.79 Å². The first kappa shape index (κ1) is 18.0. The van der Waals surface area contributed by atoms with Crippen LogP contribution in [-0.2, 0) is 4.79 Å². The molecular formula is C13H20Cl2N2O2. The van der Waals surface area contributed by atoms with Crippen molar-refractivity contribution in [2.45, 2.75) is 13.3 Å². The third-order valence-corrected chi connectivity index (χ3v) is 2.54. The summed E-state index contributed by atoms with van der Waals surface area (Å²) in [6.07, 6.45) is 0.356. The van der Waals surface area contributed by atoms with Crippen LogP contribution in [0.25, 0.3) is 0 Å². The SMILES string of the molecule is CCNCCNC(=O)CCOc1ccc(Cl)cc1.Cl. The van der Waals surface area contributed by atoms with Crippen molar-refractivity contribution in [2.24, 2.45) is 0 Å². The van der Waals surface area contributed by atoms with Gasteiger partial charge in [-0.3, -0.25) is 4.79 Å². The van der Waals surface area contributed by atoms with Crippen molar-refractivity contribution in [1.29, 1.82) is 0 Å². The number of hydrogen-bond acceptors (Lipinski definition) is 3. The first-order chi connectivity index (χ1) is 8.72. The summed E-state index contributed by atoms with van der Waals surface area (Å²) in [6.45, 7) is 4.75. The molecule has 108 valence electrons. The van der Waals surface area contributed by atoms with E-state index in [0.717, 1.165) is 18.8 Å². The fourth-order valence-corrected chi connectivity index (χ4v) is 1.47. The number of benzene rings is 1. The fraction of sp³-hybridized carbons (Fsp3) is 0.462. The Balaban J connectivity index is 0.00000324. The van der Waals surface area contributed by atoms with E-state index in [1.54, 1.807) is 24.3 Å². The van der Waals surface area contributed by atoms with Crippen molar-refractivity contribution in [2.75, 3.05) is 26.2 Å². The standard InChI is InChI=1S/C13H19ClN2O2.ClH/c1-2-15-8-9-16-13(17)7-10-18-12-5-3-11(14)4-6-12;/h3-6,15H,2,7-10H2,1H3,(H,16,17);1H. The zero-order valence-electron chi connectivity index (χ0n) is 10.9. The number of rotatable bonds is 8. The molecule has 1 rings (SSSR count). The second-order valence-corrected chi connectivity index (χ2v) is 4.19. The van der Waals surface area contributed by atoms with Crippen LogP contribution in [0, 0.1) is 0 Å². The zero-order chi connectivity index (χ0) is 13.2. The lowest BCUT2D eigenvalue weighted by Gasteiger charge is -2.07. The molecule has 0 aromatic heterocycles. The van der Waals surface area contributed by atoms with Gasteiger partial charge in [-0.05, 0) is 30.8 Å². The second kappa shape index (κ2) is 10.9. The fourth-order valence-electron chi connectivity index (χ4n) is 1.35. The van der Waals surface area contributed by atoms with Crippen LogP contribution in [0.1, 0.15) is 13.3 Å². The Morgan fingerprint density at radius 3 is 2.58 bits per heavy atom. The van der Waals surface area contributed by atoms with Gasteiger partial charge in [0, 0.05) is 18.1 Å². The molecule has 6 heteroatoms. The first-order valence-electron chi connectivity index (χ1n) is 6.08. The maximum Gasteiger partial charge on any atom is 0.223 e. The Labute approximate surface area is 125 Å².